The molecule has 3 aromatic heterocycles. The number of halogens is 4. The highest BCUT2D eigenvalue weighted by atomic mass is 19.2. The zero-order valence-electron chi connectivity index (χ0n) is 18.5. The van der Waals surface area contributed by atoms with Crippen LogP contribution < -0.4 is 0 Å². The molecule has 8 heteroatoms. The molecule has 0 radical (unpaired) electrons. The minimum Gasteiger partial charge on any atom is -0.252 e. The summed E-state index contributed by atoms with van der Waals surface area (Å²) < 4.78 is 55.9. The fourth-order valence-corrected chi connectivity index (χ4v) is 4.83. The first-order valence-corrected chi connectivity index (χ1v) is 11.2. The van der Waals surface area contributed by atoms with E-state index in [1.54, 1.807) is 31.2 Å². The van der Waals surface area contributed by atoms with Crippen molar-refractivity contribution in [1.82, 2.24) is 15.0 Å². The fourth-order valence-electron chi connectivity index (χ4n) is 4.83. The molecule has 0 saturated heterocycles. The molecule has 4 heterocycles. The van der Waals surface area contributed by atoms with Gasteiger partial charge in [0.2, 0.25) is 17.9 Å². The predicted octanol–water partition coefficient (Wildman–Crippen LogP) is 6.37. The third-order valence-corrected chi connectivity index (χ3v) is 6.62. The van der Waals surface area contributed by atoms with Crippen LogP contribution in [0.3, 0.4) is 0 Å². The van der Waals surface area contributed by atoms with Gasteiger partial charge in [0.15, 0.2) is 6.30 Å². The topological polar surface area (TPSA) is 51.0 Å². The zero-order valence-corrected chi connectivity index (χ0v) is 18.5. The standard InChI is InChI=1S/C26H22F4N4/c1-15-14-17(25(30)34-23(15)28)19-7-5-9-21(32-19)26(12-2-3-13-26)20-8-4-6-18(31-20)16-10-11-22(27)33-24(16)29/h4-11,14-15,23H,2-3,12-13H2,1H3. The van der Waals surface area contributed by atoms with Gasteiger partial charge in [0.1, 0.15) is 0 Å². The van der Waals surface area contributed by atoms with E-state index in [1.165, 1.54) is 12.1 Å². The summed E-state index contributed by atoms with van der Waals surface area (Å²) in [5, 5.41) is 0. The summed E-state index contributed by atoms with van der Waals surface area (Å²) in [6, 6.07) is 13.1. The number of alkyl halides is 1. The number of aromatic nitrogens is 3. The summed E-state index contributed by atoms with van der Waals surface area (Å²) in [5.74, 6) is -3.25. The summed E-state index contributed by atoms with van der Waals surface area (Å²) in [6.45, 7) is 1.64. The molecule has 174 valence electrons. The minimum absolute atomic E-state index is 0.110. The van der Waals surface area contributed by atoms with Crippen LogP contribution in [-0.4, -0.2) is 27.2 Å². The van der Waals surface area contributed by atoms with Gasteiger partial charge in [-0.2, -0.15) is 18.2 Å². The lowest BCUT2D eigenvalue weighted by molar-refractivity contribution is 0.283. The average Bonchev–Trinajstić information content (AvgIpc) is 3.33. The highest BCUT2D eigenvalue weighted by molar-refractivity contribution is 6.19. The van der Waals surface area contributed by atoms with Crippen molar-refractivity contribution in [3.05, 3.63) is 83.6 Å². The van der Waals surface area contributed by atoms with Gasteiger partial charge in [0, 0.05) is 5.92 Å². The van der Waals surface area contributed by atoms with Gasteiger partial charge in [-0.1, -0.05) is 38.0 Å². The Kier molecular flexibility index (Phi) is 5.75. The van der Waals surface area contributed by atoms with Gasteiger partial charge in [-0.3, -0.25) is 9.97 Å². The molecule has 0 aromatic carbocycles. The Balaban J connectivity index is 1.59. The van der Waals surface area contributed by atoms with E-state index in [9.17, 15) is 17.6 Å². The summed E-state index contributed by atoms with van der Waals surface area (Å²) in [5.41, 5.74) is 1.90. The summed E-state index contributed by atoms with van der Waals surface area (Å²) in [4.78, 5) is 16.3. The number of aliphatic imine (C=N–C) groups is 1. The zero-order chi connectivity index (χ0) is 23.9. The molecule has 1 saturated carbocycles. The van der Waals surface area contributed by atoms with Gasteiger partial charge < -0.3 is 0 Å². The van der Waals surface area contributed by atoms with Crippen LogP contribution in [0.2, 0.25) is 0 Å². The maximum absolute atomic E-state index is 14.5. The number of rotatable bonds is 4. The van der Waals surface area contributed by atoms with E-state index in [2.05, 4.69) is 9.98 Å². The molecule has 1 fully saturated rings. The molecule has 4 nitrogen and oxygen atoms in total. The first kappa shape index (κ1) is 22.4. The first-order chi connectivity index (χ1) is 16.4. The van der Waals surface area contributed by atoms with Gasteiger partial charge in [-0.25, -0.2) is 9.38 Å². The van der Waals surface area contributed by atoms with Crippen LogP contribution in [0.15, 0.2) is 59.6 Å². The number of nitrogens with zero attached hydrogens (tertiary/aromatic N) is 4. The molecule has 3 aromatic rings. The SMILES string of the molecule is CC1C=C(c2cccc(C3(c4cccc(-c5ccc(F)nc5F)n4)CCCC3)n2)C(F)=NC1F. The van der Waals surface area contributed by atoms with Crippen molar-refractivity contribution >= 4 is 11.5 Å². The second kappa shape index (κ2) is 8.74. The van der Waals surface area contributed by atoms with Crippen LogP contribution in [0.1, 0.15) is 49.7 Å². The van der Waals surface area contributed by atoms with Crippen molar-refractivity contribution in [3.8, 4) is 11.3 Å². The van der Waals surface area contributed by atoms with E-state index in [4.69, 9.17) is 9.97 Å². The number of hydrogen-bond donors (Lipinski definition) is 0. The van der Waals surface area contributed by atoms with Crippen LogP contribution in [0.25, 0.3) is 16.8 Å². The lowest BCUT2D eigenvalue weighted by Crippen LogP contribution is -2.27. The van der Waals surface area contributed by atoms with E-state index >= 15 is 0 Å². The van der Waals surface area contributed by atoms with Crippen LogP contribution in [0.5, 0.6) is 0 Å². The molecule has 0 bridgehead atoms. The Labute approximate surface area is 194 Å². The maximum atomic E-state index is 14.5. The molecule has 0 N–H and O–H groups in total. The first-order valence-electron chi connectivity index (χ1n) is 11.2. The molecule has 2 atom stereocenters. The van der Waals surface area contributed by atoms with Gasteiger partial charge in [-0.15, -0.1) is 0 Å². The maximum Gasteiger partial charge on any atom is 0.224 e. The molecule has 0 spiro atoms. The van der Waals surface area contributed by atoms with Crippen molar-refractivity contribution in [2.75, 3.05) is 0 Å². The van der Waals surface area contributed by atoms with Crippen molar-refractivity contribution in [2.24, 2.45) is 10.9 Å². The third kappa shape index (κ3) is 3.91. The Morgan fingerprint density at radius 2 is 1.47 bits per heavy atom. The highest BCUT2D eigenvalue weighted by Gasteiger charge is 2.40. The van der Waals surface area contributed by atoms with Gasteiger partial charge in [-0.05, 0) is 49.2 Å². The van der Waals surface area contributed by atoms with Crippen molar-refractivity contribution in [1.29, 1.82) is 0 Å². The van der Waals surface area contributed by atoms with E-state index in [0.717, 1.165) is 31.7 Å². The predicted molar refractivity (Wildman–Crippen MR) is 121 cm³/mol. The van der Waals surface area contributed by atoms with Gasteiger partial charge >= 0.3 is 0 Å². The van der Waals surface area contributed by atoms with E-state index in [-0.39, 0.29) is 11.1 Å². The summed E-state index contributed by atoms with van der Waals surface area (Å²) in [7, 11) is 0. The highest BCUT2D eigenvalue weighted by Crippen LogP contribution is 2.45. The van der Waals surface area contributed by atoms with Crippen molar-refractivity contribution < 1.29 is 17.6 Å². The quantitative estimate of drug-likeness (QED) is 0.255. The molecule has 34 heavy (non-hydrogen) atoms. The normalized spacial score (nSPS) is 21.8. The molecule has 1 aliphatic heterocycles. The van der Waals surface area contributed by atoms with Gasteiger partial charge in [0.05, 0.1) is 39.3 Å². The second-order valence-electron chi connectivity index (χ2n) is 8.81. The molecule has 1 aliphatic carbocycles. The van der Waals surface area contributed by atoms with Crippen LogP contribution in [-0.2, 0) is 5.41 Å². The number of dihydropyridines is 1. The minimum atomic E-state index is -1.61. The molecular formula is C26H22F4N4. The lowest BCUT2D eigenvalue weighted by atomic mass is 9.78. The smallest absolute Gasteiger partial charge is 0.224 e. The molecule has 0 amide bonds. The average molecular weight is 466 g/mol. The van der Waals surface area contributed by atoms with E-state index < -0.39 is 35.5 Å². The Hall–Kier alpha value is -3.42. The van der Waals surface area contributed by atoms with Crippen molar-refractivity contribution in [3.63, 3.8) is 0 Å². The lowest BCUT2D eigenvalue weighted by Gasteiger charge is -2.29. The largest absolute Gasteiger partial charge is 0.252 e. The molecule has 2 unspecified atom stereocenters. The van der Waals surface area contributed by atoms with E-state index in [0.29, 0.717) is 22.8 Å². The number of allylic oxidation sites excluding steroid dienone is 1. The molecule has 2 aliphatic rings. The summed E-state index contributed by atoms with van der Waals surface area (Å²) >= 11 is 0. The monoisotopic (exact) mass is 466 g/mol. The van der Waals surface area contributed by atoms with Crippen molar-refractivity contribution in [2.45, 2.75) is 44.3 Å². The summed E-state index contributed by atoms with van der Waals surface area (Å²) in [6.07, 6.45) is 3.34. The number of pyridine rings is 3. The van der Waals surface area contributed by atoms with E-state index in [1.807, 2.05) is 12.1 Å². The second-order valence-corrected chi connectivity index (χ2v) is 8.81. The van der Waals surface area contributed by atoms with Crippen LogP contribution >= 0.6 is 0 Å². The Bertz CT molecular complexity index is 1300. The van der Waals surface area contributed by atoms with Crippen LogP contribution in [0, 0.1) is 17.8 Å². The molecule has 5 rings (SSSR count). The molecular weight excluding hydrogens is 444 g/mol. The Morgan fingerprint density at radius 3 is 2.15 bits per heavy atom. The fraction of sp³-hybridized carbons (Fsp3) is 0.308. The van der Waals surface area contributed by atoms with Gasteiger partial charge in [0.25, 0.3) is 0 Å². The van der Waals surface area contributed by atoms with Crippen LogP contribution in [0.4, 0.5) is 17.6 Å². The number of hydrogen-bond acceptors (Lipinski definition) is 4. The third-order valence-electron chi connectivity index (χ3n) is 6.62. The Morgan fingerprint density at radius 1 is 0.824 bits per heavy atom.